The van der Waals surface area contributed by atoms with Crippen molar-refractivity contribution in [1.29, 1.82) is 10.5 Å². The Kier molecular flexibility index (Phi) is 5.22. The van der Waals surface area contributed by atoms with Crippen molar-refractivity contribution < 1.29 is 0 Å². The number of hydrogen-bond acceptors (Lipinski definition) is 2. The summed E-state index contributed by atoms with van der Waals surface area (Å²) in [5.41, 5.74) is 8.75. The average molecular weight is 535 g/mol. The summed E-state index contributed by atoms with van der Waals surface area (Å²) in [6, 6.07) is 50.1. The fourth-order valence-corrected chi connectivity index (χ4v) is 6.38. The van der Waals surface area contributed by atoms with E-state index >= 15 is 0 Å². The van der Waals surface area contributed by atoms with E-state index in [2.05, 4.69) is 106 Å². The number of aromatic nitrogens is 2. The molecule has 0 atom stereocenters. The van der Waals surface area contributed by atoms with E-state index in [9.17, 15) is 10.5 Å². The molecule has 8 rings (SSSR count). The predicted octanol–water partition coefficient (Wildman–Crippen LogP) is 9.29. The van der Waals surface area contributed by atoms with Gasteiger partial charge in [-0.15, -0.1) is 0 Å². The van der Waals surface area contributed by atoms with Crippen LogP contribution in [0.1, 0.15) is 11.1 Å². The van der Waals surface area contributed by atoms with Gasteiger partial charge in [-0.1, -0.05) is 84.9 Å². The predicted molar refractivity (Wildman–Crippen MR) is 170 cm³/mol. The molecular weight excluding hydrogens is 512 g/mol. The first kappa shape index (κ1) is 23.8. The van der Waals surface area contributed by atoms with E-state index < -0.39 is 0 Å². The fourth-order valence-electron chi connectivity index (χ4n) is 6.38. The first-order valence-electron chi connectivity index (χ1n) is 13.8. The standard InChI is InChI=1S/C38H22N4/c39-23-25-10-9-11-26(20-25)27-21-37(41-33-16-5-1-12-28(33)29-13-2-6-17-34(29)41)32(24-40)38(22-27)42-35-18-7-3-14-30(35)31-15-4-8-19-36(31)42/h1-22H. The molecule has 8 aromatic rings. The number of nitrogens with zero attached hydrogens (tertiary/aromatic N) is 4. The minimum absolute atomic E-state index is 0.577. The van der Waals surface area contributed by atoms with Gasteiger partial charge in [0.15, 0.2) is 0 Å². The van der Waals surface area contributed by atoms with Gasteiger partial charge in [0.05, 0.1) is 45.1 Å². The van der Waals surface area contributed by atoms with Gasteiger partial charge in [-0.2, -0.15) is 10.5 Å². The molecule has 2 aromatic heterocycles. The number of para-hydroxylation sites is 4. The van der Waals surface area contributed by atoms with E-state index in [-0.39, 0.29) is 0 Å². The highest BCUT2D eigenvalue weighted by Crippen LogP contribution is 2.40. The molecule has 0 aliphatic carbocycles. The van der Waals surface area contributed by atoms with Crippen molar-refractivity contribution in [2.75, 3.05) is 0 Å². The molecule has 2 heterocycles. The van der Waals surface area contributed by atoms with E-state index in [0.29, 0.717) is 11.1 Å². The quantitative estimate of drug-likeness (QED) is 0.227. The highest BCUT2D eigenvalue weighted by molar-refractivity contribution is 6.11. The maximum absolute atomic E-state index is 10.9. The molecular formula is C38H22N4. The number of hydrogen-bond donors (Lipinski definition) is 0. The Hall–Kier alpha value is -6.10. The first-order valence-corrected chi connectivity index (χ1v) is 13.8. The molecule has 194 valence electrons. The van der Waals surface area contributed by atoms with Crippen molar-refractivity contribution in [3.05, 3.63) is 145 Å². The van der Waals surface area contributed by atoms with Crippen LogP contribution in [-0.4, -0.2) is 9.13 Å². The zero-order valence-electron chi connectivity index (χ0n) is 22.5. The Morgan fingerprint density at radius 1 is 0.405 bits per heavy atom. The monoisotopic (exact) mass is 534 g/mol. The van der Waals surface area contributed by atoms with Crippen molar-refractivity contribution in [1.82, 2.24) is 9.13 Å². The summed E-state index contributed by atoms with van der Waals surface area (Å²) in [6.07, 6.45) is 0. The van der Waals surface area contributed by atoms with Crippen molar-refractivity contribution in [3.8, 4) is 34.6 Å². The van der Waals surface area contributed by atoms with Crippen molar-refractivity contribution in [2.24, 2.45) is 0 Å². The molecule has 0 spiro atoms. The molecule has 0 fully saturated rings. The largest absolute Gasteiger partial charge is 0.308 e. The summed E-state index contributed by atoms with van der Waals surface area (Å²) in [4.78, 5) is 0. The van der Waals surface area contributed by atoms with Crippen molar-refractivity contribution >= 4 is 43.6 Å². The topological polar surface area (TPSA) is 57.4 Å². The second-order valence-corrected chi connectivity index (χ2v) is 10.4. The van der Waals surface area contributed by atoms with Gasteiger partial charge in [-0.3, -0.25) is 0 Å². The van der Waals surface area contributed by atoms with Crippen LogP contribution in [0.15, 0.2) is 133 Å². The second-order valence-electron chi connectivity index (χ2n) is 10.4. The molecule has 0 saturated heterocycles. The minimum Gasteiger partial charge on any atom is -0.308 e. The Labute approximate surface area is 242 Å². The highest BCUT2D eigenvalue weighted by Gasteiger charge is 2.22. The van der Waals surface area contributed by atoms with Crippen LogP contribution in [0.25, 0.3) is 66.1 Å². The third-order valence-electron chi connectivity index (χ3n) is 8.18. The minimum atomic E-state index is 0.577. The molecule has 0 bridgehead atoms. The molecule has 0 aliphatic rings. The van der Waals surface area contributed by atoms with Crippen LogP contribution in [0.2, 0.25) is 0 Å². The maximum Gasteiger partial charge on any atom is 0.104 e. The zero-order valence-corrected chi connectivity index (χ0v) is 22.5. The molecule has 6 aromatic carbocycles. The molecule has 0 N–H and O–H groups in total. The molecule has 0 unspecified atom stereocenters. The lowest BCUT2D eigenvalue weighted by molar-refractivity contribution is 1.12. The number of fused-ring (bicyclic) bond motifs is 6. The van der Waals surface area contributed by atoms with Gasteiger partial charge in [-0.05, 0) is 59.7 Å². The van der Waals surface area contributed by atoms with Crippen LogP contribution in [0.4, 0.5) is 0 Å². The number of benzene rings is 6. The molecule has 0 amide bonds. The molecule has 4 heteroatoms. The van der Waals surface area contributed by atoms with Gasteiger partial charge < -0.3 is 9.13 Å². The van der Waals surface area contributed by atoms with Crippen molar-refractivity contribution in [2.45, 2.75) is 0 Å². The maximum atomic E-state index is 10.9. The second kappa shape index (κ2) is 9.24. The fraction of sp³-hybridized carbons (Fsp3) is 0. The normalized spacial score (nSPS) is 11.3. The SMILES string of the molecule is N#Cc1cccc(-c2cc(-n3c4ccccc4c4ccccc43)c(C#N)c(-n3c4ccccc4c4ccccc43)c2)c1. The van der Waals surface area contributed by atoms with E-state index in [1.165, 1.54) is 0 Å². The van der Waals surface area contributed by atoms with Crippen molar-refractivity contribution in [3.63, 3.8) is 0 Å². The summed E-state index contributed by atoms with van der Waals surface area (Å²) in [7, 11) is 0. The molecule has 4 nitrogen and oxygen atoms in total. The summed E-state index contributed by atoms with van der Waals surface area (Å²) < 4.78 is 4.41. The van der Waals surface area contributed by atoms with E-state index in [0.717, 1.165) is 66.1 Å². The van der Waals surface area contributed by atoms with Crippen LogP contribution >= 0.6 is 0 Å². The Bertz CT molecular complexity index is 2200. The lowest BCUT2D eigenvalue weighted by Gasteiger charge is -2.18. The third-order valence-corrected chi connectivity index (χ3v) is 8.18. The van der Waals surface area contributed by atoms with Crippen LogP contribution in [0, 0.1) is 22.7 Å². The molecule has 0 radical (unpaired) electrons. The number of nitriles is 2. The van der Waals surface area contributed by atoms with Crippen LogP contribution in [0.5, 0.6) is 0 Å². The van der Waals surface area contributed by atoms with Crippen LogP contribution in [-0.2, 0) is 0 Å². The molecule has 0 aliphatic heterocycles. The average Bonchev–Trinajstić information content (AvgIpc) is 3.57. The summed E-state index contributed by atoms with van der Waals surface area (Å²) in [6.45, 7) is 0. The van der Waals surface area contributed by atoms with E-state index in [4.69, 9.17) is 0 Å². The van der Waals surface area contributed by atoms with Crippen LogP contribution in [0.3, 0.4) is 0 Å². The molecule has 0 saturated carbocycles. The summed E-state index contributed by atoms with van der Waals surface area (Å²) in [5, 5.41) is 25.1. The van der Waals surface area contributed by atoms with Gasteiger partial charge in [0.2, 0.25) is 0 Å². The Morgan fingerprint density at radius 2 is 0.833 bits per heavy atom. The Morgan fingerprint density at radius 3 is 1.24 bits per heavy atom. The third kappa shape index (κ3) is 3.40. The lowest BCUT2D eigenvalue weighted by Crippen LogP contribution is -2.05. The van der Waals surface area contributed by atoms with Gasteiger partial charge in [0.1, 0.15) is 11.6 Å². The zero-order chi connectivity index (χ0) is 28.2. The first-order chi connectivity index (χ1) is 20.8. The van der Waals surface area contributed by atoms with Crippen LogP contribution < -0.4 is 0 Å². The van der Waals surface area contributed by atoms with E-state index in [1.807, 2.05) is 48.5 Å². The molecule has 42 heavy (non-hydrogen) atoms. The Balaban J connectivity index is 1.57. The van der Waals surface area contributed by atoms with Gasteiger partial charge >= 0.3 is 0 Å². The van der Waals surface area contributed by atoms with Gasteiger partial charge in [0, 0.05) is 21.5 Å². The summed E-state index contributed by atoms with van der Waals surface area (Å²) >= 11 is 0. The highest BCUT2D eigenvalue weighted by atomic mass is 15.0. The van der Waals surface area contributed by atoms with Gasteiger partial charge in [0.25, 0.3) is 0 Å². The summed E-state index contributed by atoms with van der Waals surface area (Å²) in [5.74, 6) is 0. The lowest BCUT2D eigenvalue weighted by atomic mass is 9.98. The van der Waals surface area contributed by atoms with Gasteiger partial charge in [-0.25, -0.2) is 0 Å². The smallest absolute Gasteiger partial charge is 0.104 e. The number of rotatable bonds is 3. The van der Waals surface area contributed by atoms with E-state index in [1.54, 1.807) is 0 Å².